The third kappa shape index (κ3) is 4.73. The summed E-state index contributed by atoms with van der Waals surface area (Å²) in [7, 11) is -1.41. The van der Waals surface area contributed by atoms with Crippen molar-refractivity contribution in [1.82, 2.24) is 0 Å². The van der Waals surface area contributed by atoms with Gasteiger partial charge in [0.25, 0.3) is 0 Å². The maximum Gasteiger partial charge on any atom is 0.348 e. The fourth-order valence-corrected chi connectivity index (χ4v) is 1.93. The van der Waals surface area contributed by atoms with Gasteiger partial charge in [-0.25, -0.2) is 0 Å². The molecule has 0 spiro atoms. The smallest absolute Gasteiger partial charge is 0.348 e. The summed E-state index contributed by atoms with van der Waals surface area (Å²) in [5.74, 6) is 0. The molecule has 0 aliphatic rings. The fraction of sp³-hybridized carbons (Fsp3) is 0.714. The monoisotopic (exact) mass is 160 g/mol. The van der Waals surface area contributed by atoms with Crippen molar-refractivity contribution >= 4 is 9.28 Å². The second kappa shape index (κ2) is 6.99. The van der Waals surface area contributed by atoms with E-state index in [2.05, 4.69) is 0 Å². The van der Waals surface area contributed by atoms with Gasteiger partial charge in [0.15, 0.2) is 0 Å². The Hall–Kier alpha value is -0.123. The van der Waals surface area contributed by atoms with E-state index in [1.165, 1.54) is 0 Å². The topological polar surface area (TPSA) is 18.5 Å². The predicted octanol–water partition coefficient (Wildman–Crippen LogP) is 1.40. The molecule has 0 aromatic rings. The highest BCUT2D eigenvalue weighted by molar-refractivity contribution is 6.50. The molecule has 0 rings (SSSR count). The first-order chi connectivity index (χ1) is 4.85. The van der Waals surface area contributed by atoms with Crippen LogP contribution >= 0.6 is 0 Å². The summed E-state index contributed by atoms with van der Waals surface area (Å²) in [6.45, 7) is 7.46. The number of allylic oxidation sites excluding steroid dienone is 1. The van der Waals surface area contributed by atoms with Crippen LogP contribution in [0, 0.1) is 0 Å². The van der Waals surface area contributed by atoms with Crippen molar-refractivity contribution in [3.05, 3.63) is 11.8 Å². The third-order valence-corrected chi connectivity index (χ3v) is 3.03. The molecular weight excluding hydrogens is 144 g/mol. The van der Waals surface area contributed by atoms with Gasteiger partial charge < -0.3 is 8.85 Å². The van der Waals surface area contributed by atoms with E-state index in [9.17, 15) is 0 Å². The molecule has 10 heavy (non-hydrogen) atoms. The molecule has 0 bridgehead atoms. The Kier molecular flexibility index (Phi) is 6.90. The van der Waals surface area contributed by atoms with E-state index in [0.717, 1.165) is 13.2 Å². The van der Waals surface area contributed by atoms with Gasteiger partial charge in [0, 0.05) is 13.2 Å². The lowest BCUT2D eigenvalue weighted by Gasteiger charge is -2.09. The summed E-state index contributed by atoms with van der Waals surface area (Å²) < 4.78 is 10.7. The lowest BCUT2D eigenvalue weighted by molar-refractivity contribution is 0.224. The summed E-state index contributed by atoms with van der Waals surface area (Å²) in [6.07, 6.45) is 1.99. The van der Waals surface area contributed by atoms with Crippen LogP contribution in [0.1, 0.15) is 20.8 Å². The number of rotatable bonds is 5. The van der Waals surface area contributed by atoms with Crippen molar-refractivity contribution in [2.75, 3.05) is 13.2 Å². The minimum atomic E-state index is -1.41. The first-order valence-electron chi connectivity index (χ1n) is 3.71. The molecular formula is C7H16O2Si. The SMILES string of the molecule is CC=C[SiH](OCC)OCC. The van der Waals surface area contributed by atoms with Crippen LogP contribution in [0.25, 0.3) is 0 Å². The minimum absolute atomic E-state index is 0.751. The Bertz CT molecular complexity index is 87.6. The van der Waals surface area contributed by atoms with Gasteiger partial charge in [0.05, 0.1) is 0 Å². The van der Waals surface area contributed by atoms with E-state index in [1.807, 2.05) is 32.5 Å². The molecule has 0 saturated heterocycles. The van der Waals surface area contributed by atoms with Gasteiger partial charge in [0.1, 0.15) is 0 Å². The van der Waals surface area contributed by atoms with E-state index < -0.39 is 9.28 Å². The molecule has 0 amide bonds. The van der Waals surface area contributed by atoms with Gasteiger partial charge in [-0.15, -0.1) is 0 Å². The molecule has 0 unspecified atom stereocenters. The van der Waals surface area contributed by atoms with E-state index in [1.54, 1.807) is 0 Å². The summed E-state index contributed by atoms with van der Waals surface area (Å²) in [4.78, 5) is 0. The van der Waals surface area contributed by atoms with Crippen molar-refractivity contribution in [3.63, 3.8) is 0 Å². The number of hydrogen-bond acceptors (Lipinski definition) is 2. The van der Waals surface area contributed by atoms with Crippen LogP contribution in [-0.2, 0) is 8.85 Å². The van der Waals surface area contributed by atoms with Crippen LogP contribution in [0.3, 0.4) is 0 Å². The Morgan fingerprint density at radius 1 is 1.20 bits per heavy atom. The standard InChI is InChI=1S/C7H16O2Si/c1-4-7-10(8-5-2)9-6-3/h4,7,10H,5-6H2,1-3H3. The minimum Gasteiger partial charge on any atom is -0.394 e. The Morgan fingerprint density at radius 2 is 1.70 bits per heavy atom. The second-order valence-electron chi connectivity index (χ2n) is 1.80. The van der Waals surface area contributed by atoms with E-state index in [-0.39, 0.29) is 0 Å². The maximum atomic E-state index is 5.35. The van der Waals surface area contributed by atoms with Crippen molar-refractivity contribution in [3.8, 4) is 0 Å². The lowest BCUT2D eigenvalue weighted by Crippen LogP contribution is -2.20. The zero-order chi connectivity index (χ0) is 7.82. The van der Waals surface area contributed by atoms with Gasteiger partial charge in [-0.3, -0.25) is 0 Å². The molecule has 0 aliphatic heterocycles. The maximum absolute atomic E-state index is 5.35. The zero-order valence-corrected chi connectivity index (χ0v) is 8.12. The fourth-order valence-electron chi connectivity index (χ4n) is 0.645. The molecule has 3 heteroatoms. The highest BCUT2D eigenvalue weighted by Crippen LogP contribution is 1.90. The van der Waals surface area contributed by atoms with Crippen molar-refractivity contribution < 1.29 is 8.85 Å². The molecule has 0 aliphatic carbocycles. The highest BCUT2D eigenvalue weighted by atomic mass is 28.3. The zero-order valence-electron chi connectivity index (χ0n) is 6.96. The molecule has 0 N–H and O–H groups in total. The summed E-state index contributed by atoms with van der Waals surface area (Å²) >= 11 is 0. The van der Waals surface area contributed by atoms with Crippen molar-refractivity contribution in [2.45, 2.75) is 20.8 Å². The first-order valence-corrected chi connectivity index (χ1v) is 5.32. The molecule has 0 fully saturated rings. The van der Waals surface area contributed by atoms with E-state index >= 15 is 0 Å². The molecule has 2 nitrogen and oxygen atoms in total. The van der Waals surface area contributed by atoms with E-state index in [4.69, 9.17) is 8.85 Å². The van der Waals surface area contributed by atoms with Crippen LogP contribution in [0.4, 0.5) is 0 Å². The number of hydrogen-bond donors (Lipinski definition) is 0. The summed E-state index contributed by atoms with van der Waals surface area (Å²) in [6, 6.07) is 0. The Balaban J connectivity index is 3.50. The average molecular weight is 160 g/mol. The molecule has 0 saturated carbocycles. The van der Waals surface area contributed by atoms with Crippen LogP contribution in [-0.4, -0.2) is 22.5 Å². The van der Waals surface area contributed by atoms with Gasteiger partial charge in [-0.1, -0.05) is 6.08 Å². The van der Waals surface area contributed by atoms with E-state index in [0.29, 0.717) is 0 Å². The Labute approximate surface area is 64.7 Å². The molecule has 0 radical (unpaired) electrons. The van der Waals surface area contributed by atoms with Crippen LogP contribution < -0.4 is 0 Å². The predicted molar refractivity (Wildman–Crippen MR) is 45.2 cm³/mol. The van der Waals surface area contributed by atoms with Crippen LogP contribution in [0.15, 0.2) is 11.8 Å². The van der Waals surface area contributed by atoms with Gasteiger partial charge >= 0.3 is 9.28 Å². The summed E-state index contributed by atoms with van der Waals surface area (Å²) in [5, 5.41) is 0. The van der Waals surface area contributed by atoms with Crippen molar-refractivity contribution in [2.24, 2.45) is 0 Å². The Morgan fingerprint density at radius 3 is 2.00 bits per heavy atom. The average Bonchev–Trinajstić information content (AvgIpc) is 1.90. The normalized spacial score (nSPS) is 11.6. The first kappa shape index (κ1) is 9.88. The second-order valence-corrected chi connectivity index (χ2v) is 3.59. The molecule has 60 valence electrons. The van der Waals surface area contributed by atoms with Crippen molar-refractivity contribution in [1.29, 1.82) is 0 Å². The highest BCUT2D eigenvalue weighted by Gasteiger charge is 2.04. The lowest BCUT2D eigenvalue weighted by atomic mass is 10.8. The van der Waals surface area contributed by atoms with Gasteiger partial charge in [0.2, 0.25) is 0 Å². The quantitative estimate of drug-likeness (QED) is 0.566. The van der Waals surface area contributed by atoms with Gasteiger partial charge in [-0.2, -0.15) is 0 Å². The van der Waals surface area contributed by atoms with Crippen LogP contribution in [0.5, 0.6) is 0 Å². The van der Waals surface area contributed by atoms with Gasteiger partial charge in [-0.05, 0) is 26.5 Å². The molecule has 0 aromatic heterocycles. The summed E-state index contributed by atoms with van der Waals surface area (Å²) in [5.41, 5.74) is 2.03. The van der Waals surface area contributed by atoms with Crippen LogP contribution in [0.2, 0.25) is 0 Å². The molecule has 0 aromatic carbocycles. The third-order valence-electron chi connectivity index (χ3n) is 1.01. The molecule has 0 atom stereocenters. The largest absolute Gasteiger partial charge is 0.394 e. The molecule has 0 heterocycles.